The van der Waals surface area contributed by atoms with Crippen LogP contribution in [0.2, 0.25) is 5.02 Å². The first kappa shape index (κ1) is 15.8. The lowest BCUT2D eigenvalue weighted by molar-refractivity contribution is 0.0696. The predicted molar refractivity (Wildman–Crippen MR) is 65.2 cm³/mol. The number of aliphatic hydroxyl groups is 1. The van der Waals surface area contributed by atoms with Gasteiger partial charge in [-0.1, -0.05) is 11.6 Å². The summed E-state index contributed by atoms with van der Waals surface area (Å²) < 4.78 is 38.9. The summed E-state index contributed by atoms with van der Waals surface area (Å²) in [6.07, 6.45) is -0.939. The Balaban J connectivity index is 3.25. The van der Waals surface area contributed by atoms with Gasteiger partial charge in [-0.05, 0) is 19.1 Å². The molecule has 0 aromatic heterocycles. The number of nitrogens with one attached hydrogen (secondary N) is 1. The summed E-state index contributed by atoms with van der Waals surface area (Å²) in [5, 5.41) is 17.1. The zero-order valence-electron chi connectivity index (χ0n) is 9.72. The fourth-order valence-corrected chi connectivity index (χ4v) is 2.54. The molecule has 6 nitrogen and oxygen atoms in total. The molecule has 0 aliphatic rings. The van der Waals surface area contributed by atoms with Crippen molar-refractivity contribution in [3.05, 3.63) is 28.5 Å². The molecule has 0 bridgehead atoms. The van der Waals surface area contributed by atoms with Crippen LogP contribution in [0.15, 0.2) is 17.0 Å². The van der Waals surface area contributed by atoms with Gasteiger partial charge in [0.15, 0.2) is 0 Å². The molecule has 0 saturated heterocycles. The first-order chi connectivity index (χ1) is 8.65. The van der Waals surface area contributed by atoms with E-state index in [1.807, 2.05) is 4.72 Å². The third kappa shape index (κ3) is 3.87. The molecule has 1 rings (SSSR count). The Labute approximate surface area is 113 Å². The Hall–Kier alpha value is -1.22. The minimum atomic E-state index is -4.12. The van der Waals surface area contributed by atoms with E-state index in [-0.39, 0.29) is 6.54 Å². The van der Waals surface area contributed by atoms with Crippen LogP contribution in [-0.4, -0.2) is 37.2 Å². The van der Waals surface area contributed by atoms with Gasteiger partial charge in [0, 0.05) is 6.54 Å². The molecule has 0 amide bonds. The van der Waals surface area contributed by atoms with Crippen LogP contribution in [0.4, 0.5) is 4.39 Å². The standard InChI is InChI=1S/C10H11ClFNO5S/c1-5(14)4-13-19(17,18)6-2-7(10(15)16)9(11)8(12)3-6/h2-3,5,13-14H,4H2,1H3,(H,15,16)/t5-/m0/s1. The monoisotopic (exact) mass is 311 g/mol. The van der Waals surface area contributed by atoms with Gasteiger partial charge in [0.25, 0.3) is 0 Å². The summed E-state index contributed by atoms with van der Waals surface area (Å²) in [5.74, 6) is -2.70. The number of aromatic carboxylic acids is 1. The third-order valence-electron chi connectivity index (χ3n) is 2.11. The molecule has 0 spiro atoms. The lowest BCUT2D eigenvalue weighted by atomic mass is 10.2. The number of carboxylic acid groups (broad SMARTS) is 1. The van der Waals surface area contributed by atoms with Gasteiger partial charge in [0.1, 0.15) is 5.82 Å². The number of carboxylic acids is 1. The van der Waals surface area contributed by atoms with Gasteiger partial charge in [0.2, 0.25) is 10.0 Å². The van der Waals surface area contributed by atoms with E-state index in [2.05, 4.69) is 0 Å². The Morgan fingerprint density at radius 2 is 2.11 bits per heavy atom. The van der Waals surface area contributed by atoms with E-state index in [9.17, 15) is 17.6 Å². The summed E-state index contributed by atoms with van der Waals surface area (Å²) in [5.41, 5.74) is -0.654. The third-order valence-corrected chi connectivity index (χ3v) is 3.90. The van der Waals surface area contributed by atoms with Crippen molar-refractivity contribution in [3.8, 4) is 0 Å². The van der Waals surface area contributed by atoms with E-state index in [4.69, 9.17) is 21.8 Å². The van der Waals surface area contributed by atoms with Crippen molar-refractivity contribution in [1.82, 2.24) is 4.72 Å². The van der Waals surface area contributed by atoms with Crippen molar-refractivity contribution in [2.75, 3.05) is 6.54 Å². The SMILES string of the molecule is C[C@H](O)CNS(=O)(=O)c1cc(F)c(Cl)c(C(=O)O)c1. The quantitative estimate of drug-likeness (QED) is 0.747. The lowest BCUT2D eigenvalue weighted by Crippen LogP contribution is -2.30. The Morgan fingerprint density at radius 3 is 2.58 bits per heavy atom. The summed E-state index contributed by atoms with van der Waals surface area (Å²) in [7, 11) is -4.12. The van der Waals surface area contributed by atoms with E-state index in [0.29, 0.717) is 6.07 Å². The van der Waals surface area contributed by atoms with Crippen LogP contribution < -0.4 is 4.72 Å². The maximum absolute atomic E-state index is 13.4. The summed E-state index contributed by atoms with van der Waals surface area (Å²) >= 11 is 5.43. The van der Waals surface area contributed by atoms with Crippen molar-refractivity contribution < 1.29 is 27.8 Å². The second kappa shape index (κ2) is 5.83. The number of aliphatic hydroxyl groups excluding tert-OH is 1. The van der Waals surface area contributed by atoms with Crippen LogP contribution in [0.1, 0.15) is 17.3 Å². The Morgan fingerprint density at radius 1 is 1.53 bits per heavy atom. The van der Waals surface area contributed by atoms with E-state index in [0.717, 1.165) is 6.07 Å². The molecule has 1 atom stereocenters. The largest absolute Gasteiger partial charge is 0.478 e. The molecular formula is C10H11ClFNO5S. The highest BCUT2D eigenvalue weighted by Crippen LogP contribution is 2.24. The maximum Gasteiger partial charge on any atom is 0.337 e. The molecule has 0 saturated carbocycles. The first-order valence-electron chi connectivity index (χ1n) is 5.05. The van der Waals surface area contributed by atoms with Crippen molar-refractivity contribution in [1.29, 1.82) is 0 Å². The van der Waals surface area contributed by atoms with Crippen molar-refractivity contribution in [2.24, 2.45) is 0 Å². The van der Waals surface area contributed by atoms with Crippen LogP contribution >= 0.6 is 11.6 Å². The maximum atomic E-state index is 13.4. The van der Waals surface area contributed by atoms with Crippen molar-refractivity contribution in [3.63, 3.8) is 0 Å². The number of rotatable bonds is 5. The van der Waals surface area contributed by atoms with Gasteiger partial charge in [-0.25, -0.2) is 22.3 Å². The number of hydrogen-bond acceptors (Lipinski definition) is 4. The van der Waals surface area contributed by atoms with E-state index in [1.165, 1.54) is 6.92 Å². The molecule has 1 aromatic rings. The molecule has 0 aliphatic heterocycles. The first-order valence-corrected chi connectivity index (χ1v) is 6.91. The zero-order chi connectivity index (χ0) is 14.8. The van der Waals surface area contributed by atoms with Crippen LogP contribution in [0, 0.1) is 5.82 Å². The van der Waals surface area contributed by atoms with Crippen molar-refractivity contribution >= 4 is 27.6 Å². The molecule has 19 heavy (non-hydrogen) atoms. The molecule has 1 aromatic carbocycles. The molecule has 0 heterocycles. The molecule has 106 valence electrons. The van der Waals surface area contributed by atoms with Crippen LogP contribution in [-0.2, 0) is 10.0 Å². The second-order valence-electron chi connectivity index (χ2n) is 3.77. The predicted octanol–water partition coefficient (Wildman–Crippen LogP) is 0.836. The van der Waals surface area contributed by atoms with E-state index < -0.39 is 43.4 Å². The van der Waals surface area contributed by atoms with Gasteiger partial charge in [-0.3, -0.25) is 0 Å². The molecule has 9 heteroatoms. The lowest BCUT2D eigenvalue weighted by Gasteiger charge is -2.10. The van der Waals surface area contributed by atoms with E-state index in [1.54, 1.807) is 0 Å². The zero-order valence-corrected chi connectivity index (χ0v) is 11.3. The molecule has 0 aliphatic carbocycles. The average Bonchev–Trinajstić information content (AvgIpc) is 2.29. The van der Waals surface area contributed by atoms with Gasteiger partial charge in [-0.2, -0.15) is 0 Å². The van der Waals surface area contributed by atoms with Crippen LogP contribution in [0.5, 0.6) is 0 Å². The van der Waals surface area contributed by atoms with Gasteiger partial charge >= 0.3 is 5.97 Å². The molecule has 0 radical (unpaired) electrons. The Kier molecular flexibility index (Phi) is 4.86. The minimum absolute atomic E-state index is 0.283. The highest BCUT2D eigenvalue weighted by Gasteiger charge is 2.21. The highest BCUT2D eigenvalue weighted by atomic mass is 35.5. The van der Waals surface area contributed by atoms with Crippen molar-refractivity contribution in [2.45, 2.75) is 17.9 Å². The van der Waals surface area contributed by atoms with Gasteiger partial charge < -0.3 is 10.2 Å². The van der Waals surface area contributed by atoms with E-state index >= 15 is 0 Å². The fraction of sp³-hybridized carbons (Fsp3) is 0.300. The van der Waals surface area contributed by atoms with Crippen LogP contribution in [0.25, 0.3) is 0 Å². The number of benzene rings is 1. The molecular weight excluding hydrogens is 301 g/mol. The minimum Gasteiger partial charge on any atom is -0.478 e. The number of carbonyl (C=O) groups is 1. The number of sulfonamides is 1. The summed E-state index contributed by atoms with van der Waals surface area (Å²) in [6, 6.07) is 1.36. The van der Waals surface area contributed by atoms with Crippen LogP contribution in [0.3, 0.4) is 0 Å². The highest BCUT2D eigenvalue weighted by molar-refractivity contribution is 7.89. The molecule has 0 unspecified atom stereocenters. The smallest absolute Gasteiger partial charge is 0.337 e. The number of halogens is 2. The summed E-state index contributed by atoms with van der Waals surface area (Å²) in [6.45, 7) is 1.07. The number of hydrogen-bond donors (Lipinski definition) is 3. The topological polar surface area (TPSA) is 104 Å². The fourth-order valence-electron chi connectivity index (χ4n) is 1.19. The second-order valence-corrected chi connectivity index (χ2v) is 5.92. The van der Waals surface area contributed by atoms with Gasteiger partial charge in [0.05, 0.1) is 21.6 Å². The summed E-state index contributed by atoms with van der Waals surface area (Å²) in [4.78, 5) is 10.2. The Bertz CT molecular complexity index is 602. The van der Waals surface area contributed by atoms with Gasteiger partial charge in [-0.15, -0.1) is 0 Å². The normalized spacial score (nSPS) is 13.3. The molecule has 3 N–H and O–H groups in total. The average molecular weight is 312 g/mol. The molecule has 0 fully saturated rings.